The average Bonchev–Trinajstić information content (AvgIpc) is 2.65. The van der Waals surface area contributed by atoms with Gasteiger partial charge in [-0.15, -0.1) is 0 Å². The largest absolute Gasteiger partial charge is 0.457 e. The number of hydrogen-bond donors (Lipinski definition) is 0. The molecular weight excluding hydrogens is 296 g/mol. The van der Waals surface area contributed by atoms with Crippen molar-refractivity contribution in [1.82, 2.24) is 0 Å². The Kier molecular flexibility index (Phi) is 3.72. The zero-order chi connectivity index (χ0) is 16.4. The molecule has 24 heavy (non-hydrogen) atoms. The van der Waals surface area contributed by atoms with Crippen molar-refractivity contribution < 1.29 is 9.53 Å². The minimum atomic E-state index is -0.299. The maximum Gasteiger partial charge on any atom is 0.338 e. The number of carbonyl (C=O) groups is 1. The van der Waals surface area contributed by atoms with Crippen LogP contribution in [0.5, 0.6) is 0 Å². The molecule has 4 aromatic carbocycles. The molecule has 0 radical (unpaired) electrons. The number of ether oxygens (including phenoxy) is 1. The second-order valence-electron chi connectivity index (χ2n) is 5.74. The molecule has 0 aromatic heterocycles. The van der Waals surface area contributed by atoms with E-state index in [1.54, 1.807) is 12.1 Å². The lowest BCUT2D eigenvalue weighted by molar-refractivity contribution is 0.0476. The number of hydrogen-bond acceptors (Lipinski definition) is 2. The summed E-state index contributed by atoms with van der Waals surface area (Å²) in [6.07, 6.45) is 0. The fourth-order valence-electron chi connectivity index (χ4n) is 3.06. The van der Waals surface area contributed by atoms with Crippen LogP contribution in [0.1, 0.15) is 15.9 Å². The van der Waals surface area contributed by atoms with Crippen LogP contribution in [0, 0.1) is 0 Å². The van der Waals surface area contributed by atoms with E-state index in [2.05, 4.69) is 30.3 Å². The molecule has 0 aliphatic carbocycles. The molecule has 0 saturated heterocycles. The molecule has 0 fully saturated rings. The van der Waals surface area contributed by atoms with Gasteiger partial charge >= 0.3 is 5.97 Å². The van der Waals surface area contributed by atoms with Crippen LogP contribution in [0.3, 0.4) is 0 Å². The van der Waals surface area contributed by atoms with Gasteiger partial charge in [-0.2, -0.15) is 0 Å². The minimum absolute atomic E-state index is 0.260. The number of esters is 1. The average molecular weight is 312 g/mol. The number of carbonyl (C=O) groups excluding carboxylic acids is 1. The molecule has 0 spiro atoms. The van der Waals surface area contributed by atoms with Gasteiger partial charge in [0.05, 0.1) is 5.56 Å². The van der Waals surface area contributed by atoms with Crippen molar-refractivity contribution in [2.45, 2.75) is 6.61 Å². The SMILES string of the molecule is O=C(OCc1c2ccccc2cc2ccccc12)c1ccccc1. The second kappa shape index (κ2) is 6.17. The smallest absolute Gasteiger partial charge is 0.338 e. The standard InChI is InChI=1S/C22H16O2/c23-22(16-8-2-1-3-9-16)24-15-21-19-12-6-4-10-17(19)14-18-11-5-7-13-20(18)21/h1-14H,15H2. The topological polar surface area (TPSA) is 26.3 Å². The number of fused-ring (bicyclic) bond motifs is 2. The van der Waals surface area contributed by atoms with Crippen LogP contribution in [-0.4, -0.2) is 5.97 Å². The summed E-state index contributed by atoms with van der Waals surface area (Å²) in [5, 5.41) is 4.55. The zero-order valence-corrected chi connectivity index (χ0v) is 13.1. The quantitative estimate of drug-likeness (QED) is 0.376. The molecule has 0 aliphatic heterocycles. The van der Waals surface area contributed by atoms with Crippen molar-refractivity contribution in [3.63, 3.8) is 0 Å². The molecule has 0 saturated carbocycles. The van der Waals surface area contributed by atoms with E-state index >= 15 is 0 Å². The van der Waals surface area contributed by atoms with Gasteiger partial charge in [-0.05, 0) is 39.7 Å². The third kappa shape index (κ3) is 2.63. The van der Waals surface area contributed by atoms with Crippen LogP contribution in [-0.2, 0) is 11.3 Å². The first kappa shape index (κ1) is 14.5. The van der Waals surface area contributed by atoms with E-state index in [1.165, 1.54) is 0 Å². The van der Waals surface area contributed by atoms with Crippen molar-refractivity contribution in [3.05, 3.63) is 96.1 Å². The molecule has 0 amide bonds. The maximum absolute atomic E-state index is 12.3. The maximum atomic E-state index is 12.3. The lowest BCUT2D eigenvalue weighted by Gasteiger charge is -2.12. The van der Waals surface area contributed by atoms with Crippen LogP contribution >= 0.6 is 0 Å². The highest BCUT2D eigenvalue weighted by Crippen LogP contribution is 2.29. The monoisotopic (exact) mass is 312 g/mol. The Balaban J connectivity index is 1.75. The van der Waals surface area contributed by atoms with Crippen LogP contribution in [0.4, 0.5) is 0 Å². The summed E-state index contributed by atoms with van der Waals surface area (Å²) in [5.41, 5.74) is 1.62. The van der Waals surface area contributed by atoms with Crippen molar-refractivity contribution in [1.29, 1.82) is 0 Å². The molecule has 0 bridgehead atoms. The summed E-state index contributed by atoms with van der Waals surface area (Å²) in [4.78, 5) is 12.3. The van der Waals surface area contributed by atoms with Crippen molar-refractivity contribution in [2.75, 3.05) is 0 Å². The molecule has 0 N–H and O–H groups in total. The van der Waals surface area contributed by atoms with Crippen LogP contribution in [0.2, 0.25) is 0 Å². The summed E-state index contributed by atoms with van der Waals surface area (Å²) in [7, 11) is 0. The zero-order valence-electron chi connectivity index (χ0n) is 13.1. The van der Waals surface area contributed by atoms with Gasteiger partial charge in [0.25, 0.3) is 0 Å². The van der Waals surface area contributed by atoms with E-state index < -0.39 is 0 Å². The lowest BCUT2D eigenvalue weighted by Crippen LogP contribution is -2.05. The van der Waals surface area contributed by atoms with Gasteiger partial charge in [-0.25, -0.2) is 4.79 Å². The first-order valence-electron chi connectivity index (χ1n) is 7.94. The summed E-state index contributed by atoms with van der Waals surface area (Å²) in [6.45, 7) is 0.260. The highest BCUT2D eigenvalue weighted by atomic mass is 16.5. The molecule has 4 aromatic rings. The Morgan fingerprint density at radius 1 is 0.708 bits per heavy atom. The van der Waals surface area contributed by atoms with Gasteiger partial charge in [0.1, 0.15) is 6.61 Å². The molecule has 0 heterocycles. The normalized spacial score (nSPS) is 10.8. The Bertz CT molecular complexity index is 966. The van der Waals surface area contributed by atoms with Gasteiger partial charge < -0.3 is 4.74 Å². The summed E-state index contributed by atoms with van der Waals surface area (Å²) in [6, 6.07) is 27.7. The molecule has 4 rings (SSSR count). The summed E-state index contributed by atoms with van der Waals surface area (Å²) < 4.78 is 5.59. The molecule has 2 nitrogen and oxygen atoms in total. The van der Waals surface area contributed by atoms with Gasteiger partial charge in [-0.3, -0.25) is 0 Å². The Hall–Kier alpha value is -3.13. The minimum Gasteiger partial charge on any atom is -0.457 e. The third-order valence-electron chi connectivity index (χ3n) is 4.24. The Morgan fingerprint density at radius 3 is 1.88 bits per heavy atom. The van der Waals surface area contributed by atoms with Crippen molar-refractivity contribution in [3.8, 4) is 0 Å². The van der Waals surface area contributed by atoms with Crippen molar-refractivity contribution in [2.24, 2.45) is 0 Å². The van der Waals surface area contributed by atoms with E-state index in [4.69, 9.17) is 4.74 Å². The van der Waals surface area contributed by atoms with Crippen molar-refractivity contribution >= 4 is 27.5 Å². The summed E-state index contributed by atoms with van der Waals surface area (Å²) in [5.74, 6) is -0.299. The fourth-order valence-corrected chi connectivity index (χ4v) is 3.06. The Morgan fingerprint density at radius 2 is 1.25 bits per heavy atom. The van der Waals surface area contributed by atoms with Gasteiger partial charge in [0, 0.05) is 5.56 Å². The summed E-state index contributed by atoms with van der Waals surface area (Å²) >= 11 is 0. The molecule has 2 heteroatoms. The lowest BCUT2D eigenvalue weighted by atomic mass is 9.97. The Labute approximate surface area is 140 Å². The van der Waals surface area contributed by atoms with E-state index in [0.717, 1.165) is 27.1 Å². The number of benzene rings is 4. The molecule has 0 unspecified atom stereocenters. The third-order valence-corrected chi connectivity index (χ3v) is 4.24. The predicted octanol–water partition coefficient (Wildman–Crippen LogP) is 5.35. The van der Waals surface area contributed by atoms with Gasteiger partial charge in [0.15, 0.2) is 0 Å². The molecule has 116 valence electrons. The van der Waals surface area contributed by atoms with E-state index in [9.17, 15) is 4.79 Å². The second-order valence-corrected chi connectivity index (χ2v) is 5.74. The number of rotatable bonds is 3. The fraction of sp³-hybridized carbons (Fsp3) is 0.0455. The predicted molar refractivity (Wildman–Crippen MR) is 97.0 cm³/mol. The first-order valence-corrected chi connectivity index (χ1v) is 7.94. The van der Waals surface area contributed by atoms with Crippen LogP contribution in [0.15, 0.2) is 84.9 Å². The van der Waals surface area contributed by atoms with E-state index in [-0.39, 0.29) is 12.6 Å². The van der Waals surface area contributed by atoms with Crippen LogP contribution < -0.4 is 0 Å². The van der Waals surface area contributed by atoms with E-state index in [1.807, 2.05) is 42.5 Å². The highest BCUT2D eigenvalue weighted by Gasteiger charge is 2.11. The molecular formula is C22H16O2. The molecule has 0 atom stereocenters. The first-order chi connectivity index (χ1) is 11.8. The van der Waals surface area contributed by atoms with Crippen LogP contribution in [0.25, 0.3) is 21.5 Å². The van der Waals surface area contributed by atoms with Gasteiger partial charge in [-0.1, -0.05) is 66.7 Å². The van der Waals surface area contributed by atoms with E-state index in [0.29, 0.717) is 5.56 Å². The van der Waals surface area contributed by atoms with Gasteiger partial charge in [0.2, 0.25) is 0 Å². The highest BCUT2D eigenvalue weighted by molar-refractivity contribution is 6.02. The molecule has 0 aliphatic rings.